The number of rotatable bonds is 5. The fourth-order valence-electron chi connectivity index (χ4n) is 3.55. The van der Waals surface area contributed by atoms with E-state index < -0.39 is 0 Å². The Hall–Kier alpha value is -2.30. The van der Waals surface area contributed by atoms with Gasteiger partial charge in [-0.15, -0.1) is 0 Å². The van der Waals surface area contributed by atoms with Gasteiger partial charge in [0.2, 0.25) is 0 Å². The minimum absolute atomic E-state index is 0.0704. The molecular weight excluding hydrogens is 314 g/mol. The van der Waals surface area contributed by atoms with E-state index >= 15 is 0 Å². The van der Waals surface area contributed by atoms with Crippen molar-refractivity contribution in [1.29, 1.82) is 0 Å². The SMILES string of the molecule is CCn1nc(-c2ccc(OC)cc2)cc1C(=O)N(C)C1CCCCC1. The molecule has 1 aliphatic rings. The van der Waals surface area contributed by atoms with Gasteiger partial charge in [0.05, 0.1) is 12.8 Å². The quantitative estimate of drug-likeness (QED) is 0.826. The number of methoxy groups -OCH3 is 1. The molecule has 1 aromatic heterocycles. The highest BCUT2D eigenvalue weighted by Crippen LogP contribution is 2.25. The van der Waals surface area contributed by atoms with E-state index in [9.17, 15) is 4.79 Å². The molecule has 0 N–H and O–H groups in total. The summed E-state index contributed by atoms with van der Waals surface area (Å²) >= 11 is 0. The zero-order chi connectivity index (χ0) is 17.8. The van der Waals surface area contributed by atoms with Crippen LogP contribution in [0.4, 0.5) is 0 Å². The smallest absolute Gasteiger partial charge is 0.272 e. The van der Waals surface area contributed by atoms with E-state index in [0.717, 1.165) is 29.8 Å². The molecule has 0 bridgehead atoms. The second kappa shape index (κ2) is 7.72. The van der Waals surface area contributed by atoms with Gasteiger partial charge in [0.1, 0.15) is 11.4 Å². The zero-order valence-electron chi connectivity index (χ0n) is 15.4. The van der Waals surface area contributed by atoms with Crippen LogP contribution in [0, 0.1) is 0 Å². The molecule has 0 unspecified atom stereocenters. The fraction of sp³-hybridized carbons (Fsp3) is 0.500. The van der Waals surface area contributed by atoms with E-state index in [1.54, 1.807) is 11.8 Å². The van der Waals surface area contributed by atoms with Gasteiger partial charge in [-0.05, 0) is 50.1 Å². The van der Waals surface area contributed by atoms with Crippen LogP contribution >= 0.6 is 0 Å². The van der Waals surface area contributed by atoms with Crippen molar-refractivity contribution in [1.82, 2.24) is 14.7 Å². The van der Waals surface area contributed by atoms with Crippen LogP contribution in [-0.4, -0.2) is 40.8 Å². The summed E-state index contributed by atoms with van der Waals surface area (Å²) in [5.41, 5.74) is 2.48. The highest BCUT2D eigenvalue weighted by molar-refractivity contribution is 5.93. The van der Waals surface area contributed by atoms with Gasteiger partial charge in [0.25, 0.3) is 5.91 Å². The second-order valence-electron chi connectivity index (χ2n) is 6.67. The average molecular weight is 341 g/mol. The van der Waals surface area contributed by atoms with E-state index in [1.165, 1.54) is 19.3 Å². The van der Waals surface area contributed by atoms with Crippen molar-refractivity contribution in [2.45, 2.75) is 51.6 Å². The molecule has 0 aliphatic heterocycles. The first-order chi connectivity index (χ1) is 12.1. The minimum atomic E-state index is 0.0704. The maximum absolute atomic E-state index is 13.0. The standard InChI is InChI=1S/C20H27N3O2/c1-4-23-19(20(24)22(2)16-8-6-5-7-9-16)14-18(21-23)15-10-12-17(25-3)13-11-15/h10-14,16H,4-9H2,1-3H3. The summed E-state index contributed by atoms with van der Waals surface area (Å²) in [6.07, 6.45) is 5.92. The van der Waals surface area contributed by atoms with E-state index in [1.807, 2.05) is 49.2 Å². The topological polar surface area (TPSA) is 47.4 Å². The van der Waals surface area contributed by atoms with Crippen LogP contribution in [0.2, 0.25) is 0 Å². The molecule has 1 aromatic carbocycles. The van der Waals surface area contributed by atoms with Crippen molar-refractivity contribution in [2.24, 2.45) is 0 Å². The van der Waals surface area contributed by atoms with Crippen LogP contribution in [0.25, 0.3) is 11.3 Å². The van der Waals surface area contributed by atoms with Gasteiger partial charge in [-0.3, -0.25) is 9.48 Å². The van der Waals surface area contributed by atoms with Gasteiger partial charge in [0.15, 0.2) is 0 Å². The highest BCUT2D eigenvalue weighted by Gasteiger charge is 2.25. The Labute approximate surface area is 149 Å². The molecule has 1 aliphatic carbocycles. The monoisotopic (exact) mass is 341 g/mol. The third-order valence-electron chi connectivity index (χ3n) is 5.13. The van der Waals surface area contributed by atoms with Crippen LogP contribution in [0.15, 0.2) is 30.3 Å². The normalized spacial score (nSPS) is 15.2. The molecule has 0 saturated heterocycles. The molecule has 5 nitrogen and oxygen atoms in total. The predicted octanol–water partition coefficient (Wildman–Crippen LogP) is 3.98. The Morgan fingerprint density at radius 1 is 1.24 bits per heavy atom. The Bertz CT molecular complexity index is 715. The van der Waals surface area contributed by atoms with Crippen molar-refractivity contribution in [3.05, 3.63) is 36.0 Å². The molecule has 1 heterocycles. The molecular formula is C20H27N3O2. The summed E-state index contributed by atoms with van der Waals surface area (Å²) < 4.78 is 7.01. The lowest BCUT2D eigenvalue weighted by molar-refractivity contribution is 0.0683. The molecule has 2 aromatic rings. The number of hydrogen-bond donors (Lipinski definition) is 0. The predicted molar refractivity (Wildman–Crippen MR) is 98.9 cm³/mol. The van der Waals surface area contributed by atoms with Gasteiger partial charge < -0.3 is 9.64 Å². The Morgan fingerprint density at radius 2 is 1.92 bits per heavy atom. The summed E-state index contributed by atoms with van der Waals surface area (Å²) in [5, 5.41) is 4.63. The lowest BCUT2D eigenvalue weighted by atomic mass is 9.94. The van der Waals surface area contributed by atoms with Crippen molar-refractivity contribution in [2.75, 3.05) is 14.2 Å². The van der Waals surface area contributed by atoms with Crippen LogP contribution in [0.1, 0.15) is 49.5 Å². The summed E-state index contributed by atoms with van der Waals surface area (Å²) in [4.78, 5) is 14.9. The van der Waals surface area contributed by atoms with Gasteiger partial charge >= 0.3 is 0 Å². The molecule has 134 valence electrons. The maximum Gasteiger partial charge on any atom is 0.272 e. The molecule has 1 amide bonds. The Kier molecular flexibility index (Phi) is 5.41. The van der Waals surface area contributed by atoms with Crippen molar-refractivity contribution < 1.29 is 9.53 Å². The first-order valence-electron chi connectivity index (χ1n) is 9.13. The maximum atomic E-state index is 13.0. The largest absolute Gasteiger partial charge is 0.497 e. The number of benzene rings is 1. The number of nitrogens with zero attached hydrogens (tertiary/aromatic N) is 3. The molecule has 3 rings (SSSR count). The molecule has 0 spiro atoms. The van der Waals surface area contributed by atoms with E-state index in [4.69, 9.17) is 4.74 Å². The van der Waals surface area contributed by atoms with E-state index in [2.05, 4.69) is 5.10 Å². The summed E-state index contributed by atoms with van der Waals surface area (Å²) in [6.45, 7) is 2.69. The van der Waals surface area contributed by atoms with Crippen molar-refractivity contribution in [3.63, 3.8) is 0 Å². The Morgan fingerprint density at radius 3 is 2.52 bits per heavy atom. The highest BCUT2D eigenvalue weighted by atomic mass is 16.5. The number of carbonyl (C=O) groups is 1. The van der Waals surface area contributed by atoms with Gasteiger partial charge in [0, 0.05) is 25.2 Å². The number of hydrogen-bond acceptors (Lipinski definition) is 3. The van der Waals surface area contributed by atoms with Gasteiger partial charge in [-0.2, -0.15) is 5.10 Å². The van der Waals surface area contributed by atoms with Crippen molar-refractivity contribution in [3.8, 4) is 17.0 Å². The number of carbonyl (C=O) groups excluding carboxylic acids is 1. The molecule has 0 radical (unpaired) electrons. The fourth-order valence-corrected chi connectivity index (χ4v) is 3.55. The van der Waals surface area contributed by atoms with Gasteiger partial charge in [-0.25, -0.2) is 0 Å². The van der Waals surface area contributed by atoms with Crippen molar-refractivity contribution >= 4 is 5.91 Å². The summed E-state index contributed by atoms with van der Waals surface area (Å²) in [7, 11) is 3.58. The first-order valence-corrected chi connectivity index (χ1v) is 9.13. The molecule has 0 atom stereocenters. The third-order valence-corrected chi connectivity index (χ3v) is 5.13. The minimum Gasteiger partial charge on any atom is -0.497 e. The number of ether oxygens (including phenoxy) is 1. The molecule has 5 heteroatoms. The molecule has 1 saturated carbocycles. The molecule has 25 heavy (non-hydrogen) atoms. The number of aromatic nitrogens is 2. The first kappa shape index (κ1) is 17.5. The second-order valence-corrected chi connectivity index (χ2v) is 6.67. The zero-order valence-corrected chi connectivity index (χ0v) is 15.4. The van der Waals surface area contributed by atoms with Gasteiger partial charge in [-0.1, -0.05) is 19.3 Å². The summed E-state index contributed by atoms with van der Waals surface area (Å²) in [6, 6.07) is 10.0. The Balaban J connectivity index is 1.85. The van der Waals surface area contributed by atoms with Crippen LogP contribution in [0.5, 0.6) is 5.75 Å². The van der Waals surface area contributed by atoms with E-state index in [-0.39, 0.29) is 5.91 Å². The van der Waals surface area contributed by atoms with Crippen LogP contribution in [0.3, 0.4) is 0 Å². The lowest BCUT2D eigenvalue weighted by Crippen LogP contribution is -2.39. The number of amides is 1. The number of aryl methyl sites for hydroxylation is 1. The van der Waals surface area contributed by atoms with Crippen LogP contribution in [-0.2, 0) is 6.54 Å². The van der Waals surface area contributed by atoms with Crippen LogP contribution < -0.4 is 4.74 Å². The average Bonchev–Trinajstić information content (AvgIpc) is 3.12. The summed E-state index contributed by atoms with van der Waals surface area (Å²) in [5.74, 6) is 0.882. The third kappa shape index (κ3) is 3.70. The molecule has 1 fully saturated rings. The van der Waals surface area contributed by atoms with E-state index in [0.29, 0.717) is 18.3 Å². The lowest BCUT2D eigenvalue weighted by Gasteiger charge is -2.31.